The molecule has 0 aliphatic carbocycles. The maximum Gasteiger partial charge on any atom is 0.205 e. The van der Waals surface area contributed by atoms with Crippen LogP contribution in [-0.4, -0.2) is 14.2 Å². The first-order valence-corrected chi connectivity index (χ1v) is 3.64. The van der Waals surface area contributed by atoms with Crippen LogP contribution in [0.1, 0.15) is 5.82 Å². The Kier molecular flexibility index (Phi) is 2.21. The van der Waals surface area contributed by atoms with Gasteiger partial charge in [0.15, 0.2) is 0 Å². The van der Waals surface area contributed by atoms with Gasteiger partial charge in [0.05, 0.1) is 6.42 Å². The molecule has 0 aliphatic heterocycles. The molecule has 0 unspecified atom stereocenters. The molecule has 1 rings (SSSR count). The number of carbonyl (C=O) groups excluding carboxylic acids is 1. The Bertz CT molecular complexity index is 244. The van der Waals surface area contributed by atoms with Gasteiger partial charge in [-0.05, 0) is 15.9 Å². The lowest BCUT2D eigenvalue weighted by molar-refractivity contribution is -0.109. The molecule has 0 spiro atoms. The van der Waals surface area contributed by atoms with Crippen LogP contribution in [0.4, 0.5) is 0 Å². The highest BCUT2D eigenvalue weighted by Gasteiger charge is 2.02. The molecule has 0 radical (unpaired) electrons. The van der Waals surface area contributed by atoms with Gasteiger partial charge in [0.1, 0.15) is 5.82 Å². The molecular formula is C6H7BrN2O. The predicted octanol–water partition coefficient (Wildman–Crippen LogP) is 0.884. The van der Waals surface area contributed by atoms with Crippen LogP contribution in [-0.2, 0) is 18.3 Å². The molecule has 10 heavy (non-hydrogen) atoms. The van der Waals surface area contributed by atoms with Crippen molar-refractivity contribution in [3.63, 3.8) is 0 Å². The minimum absolute atomic E-state index is 0.0400. The van der Waals surface area contributed by atoms with Crippen LogP contribution in [0.3, 0.4) is 0 Å². The van der Waals surface area contributed by atoms with Crippen molar-refractivity contribution in [3.05, 3.63) is 18.2 Å². The Balaban J connectivity index is 2.74. The molecule has 0 atom stereocenters. The third-order valence-corrected chi connectivity index (χ3v) is 1.50. The largest absolute Gasteiger partial charge is 0.338 e. The van der Waals surface area contributed by atoms with E-state index in [9.17, 15) is 4.79 Å². The van der Waals surface area contributed by atoms with Crippen molar-refractivity contribution in [3.8, 4) is 0 Å². The standard InChI is InChI=1S/C6H7BrN2O/c1-9-3-2-8-6(9)4-5(7)10/h2-3H,4H2,1H3. The summed E-state index contributed by atoms with van der Waals surface area (Å²) in [6.07, 6.45) is 3.83. The molecule has 0 aromatic carbocycles. The lowest BCUT2D eigenvalue weighted by Gasteiger charge is -1.94. The second-order valence-corrected chi connectivity index (χ2v) is 2.87. The van der Waals surface area contributed by atoms with Crippen molar-refractivity contribution in [2.75, 3.05) is 0 Å². The zero-order valence-electron chi connectivity index (χ0n) is 5.54. The highest BCUT2D eigenvalue weighted by molar-refractivity contribution is 9.18. The summed E-state index contributed by atoms with van der Waals surface area (Å²) in [5, 5.41) is 0. The molecular weight excluding hydrogens is 196 g/mol. The number of hydrogen-bond acceptors (Lipinski definition) is 2. The van der Waals surface area contributed by atoms with Gasteiger partial charge in [0, 0.05) is 19.4 Å². The third kappa shape index (κ3) is 1.67. The van der Waals surface area contributed by atoms with Gasteiger partial charge in [0.2, 0.25) is 4.69 Å². The quantitative estimate of drug-likeness (QED) is 0.669. The van der Waals surface area contributed by atoms with E-state index >= 15 is 0 Å². The second-order valence-electron chi connectivity index (χ2n) is 1.99. The summed E-state index contributed by atoms with van der Waals surface area (Å²) in [7, 11) is 1.86. The van der Waals surface area contributed by atoms with Crippen LogP contribution >= 0.6 is 15.9 Å². The van der Waals surface area contributed by atoms with E-state index in [-0.39, 0.29) is 4.69 Å². The number of aromatic nitrogens is 2. The highest BCUT2D eigenvalue weighted by atomic mass is 79.9. The van der Waals surface area contributed by atoms with Gasteiger partial charge in [-0.25, -0.2) is 4.98 Å². The molecule has 0 saturated heterocycles. The van der Waals surface area contributed by atoms with Crippen LogP contribution in [0.5, 0.6) is 0 Å². The van der Waals surface area contributed by atoms with E-state index < -0.39 is 0 Å². The minimum atomic E-state index is -0.0400. The average molecular weight is 203 g/mol. The van der Waals surface area contributed by atoms with Crippen LogP contribution in [0.15, 0.2) is 12.4 Å². The number of rotatable bonds is 2. The average Bonchev–Trinajstić information content (AvgIpc) is 2.15. The van der Waals surface area contributed by atoms with Crippen LogP contribution in [0.2, 0.25) is 0 Å². The van der Waals surface area contributed by atoms with E-state index in [4.69, 9.17) is 0 Å². The lowest BCUT2D eigenvalue weighted by Crippen LogP contribution is -2.01. The number of hydrogen-bond donors (Lipinski definition) is 0. The van der Waals surface area contributed by atoms with E-state index in [0.717, 1.165) is 5.82 Å². The summed E-state index contributed by atoms with van der Waals surface area (Å²) >= 11 is 2.84. The van der Waals surface area contributed by atoms with Gasteiger partial charge in [-0.3, -0.25) is 4.79 Å². The number of carbonyl (C=O) groups is 1. The van der Waals surface area contributed by atoms with E-state index in [1.807, 2.05) is 17.8 Å². The normalized spacial score (nSPS) is 9.80. The fourth-order valence-corrected chi connectivity index (χ4v) is 0.942. The molecule has 0 amide bonds. The fraction of sp³-hybridized carbons (Fsp3) is 0.333. The van der Waals surface area contributed by atoms with Gasteiger partial charge < -0.3 is 4.57 Å². The van der Waals surface area contributed by atoms with Gasteiger partial charge in [0.25, 0.3) is 0 Å². The van der Waals surface area contributed by atoms with Gasteiger partial charge in [-0.2, -0.15) is 0 Å². The van der Waals surface area contributed by atoms with E-state index in [1.54, 1.807) is 6.20 Å². The van der Waals surface area contributed by atoms with Crippen LogP contribution in [0, 0.1) is 0 Å². The van der Waals surface area contributed by atoms with Crippen molar-refractivity contribution in [2.24, 2.45) is 7.05 Å². The van der Waals surface area contributed by atoms with E-state index in [0.29, 0.717) is 6.42 Å². The first-order chi connectivity index (χ1) is 4.70. The molecule has 0 bridgehead atoms. The summed E-state index contributed by atoms with van der Waals surface area (Å²) in [5.74, 6) is 0.780. The number of aryl methyl sites for hydroxylation is 1. The van der Waals surface area contributed by atoms with Crippen molar-refractivity contribution < 1.29 is 4.79 Å². The topological polar surface area (TPSA) is 34.9 Å². The lowest BCUT2D eigenvalue weighted by atomic mass is 10.4. The molecule has 1 aromatic rings. The first kappa shape index (κ1) is 7.47. The number of halogens is 1. The molecule has 0 aliphatic rings. The van der Waals surface area contributed by atoms with Gasteiger partial charge in [-0.1, -0.05) is 0 Å². The Morgan fingerprint density at radius 2 is 2.60 bits per heavy atom. The van der Waals surface area contributed by atoms with Crippen LogP contribution in [0.25, 0.3) is 0 Å². The molecule has 1 aromatic heterocycles. The van der Waals surface area contributed by atoms with Crippen molar-refractivity contribution >= 4 is 20.6 Å². The van der Waals surface area contributed by atoms with Crippen LogP contribution < -0.4 is 0 Å². The summed E-state index contributed by atoms with van der Waals surface area (Å²) in [6, 6.07) is 0. The minimum Gasteiger partial charge on any atom is -0.338 e. The summed E-state index contributed by atoms with van der Waals surface area (Å²) in [4.78, 5) is 14.5. The summed E-state index contributed by atoms with van der Waals surface area (Å²) in [6.45, 7) is 0. The Hall–Kier alpha value is -0.640. The summed E-state index contributed by atoms with van der Waals surface area (Å²) < 4.78 is 1.78. The molecule has 0 fully saturated rings. The maximum atomic E-state index is 10.5. The number of imidazole rings is 1. The van der Waals surface area contributed by atoms with Gasteiger partial charge in [-0.15, -0.1) is 0 Å². The predicted molar refractivity (Wildman–Crippen MR) is 40.8 cm³/mol. The maximum absolute atomic E-state index is 10.5. The number of nitrogens with zero attached hydrogens (tertiary/aromatic N) is 2. The molecule has 0 N–H and O–H groups in total. The Morgan fingerprint density at radius 1 is 1.90 bits per heavy atom. The Labute approximate surface area is 67.2 Å². The SMILES string of the molecule is Cn1ccnc1CC(=O)Br. The molecule has 0 saturated carbocycles. The zero-order valence-corrected chi connectivity index (χ0v) is 7.13. The molecule has 4 heteroatoms. The third-order valence-electron chi connectivity index (χ3n) is 1.22. The second kappa shape index (κ2) is 2.96. The molecule has 54 valence electrons. The molecule has 1 heterocycles. The van der Waals surface area contributed by atoms with Gasteiger partial charge >= 0.3 is 0 Å². The van der Waals surface area contributed by atoms with Crippen molar-refractivity contribution in [1.29, 1.82) is 0 Å². The zero-order chi connectivity index (χ0) is 7.56. The Morgan fingerprint density at radius 3 is 3.00 bits per heavy atom. The van der Waals surface area contributed by atoms with Crippen molar-refractivity contribution in [1.82, 2.24) is 9.55 Å². The summed E-state index contributed by atoms with van der Waals surface area (Å²) in [5.41, 5.74) is 0. The monoisotopic (exact) mass is 202 g/mol. The van der Waals surface area contributed by atoms with E-state index in [1.165, 1.54) is 0 Å². The van der Waals surface area contributed by atoms with Crippen molar-refractivity contribution in [2.45, 2.75) is 6.42 Å². The fourth-order valence-electron chi connectivity index (χ4n) is 0.691. The van der Waals surface area contributed by atoms with E-state index in [2.05, 4.69) is 20.9 Å². The first-order valence-electron chi connectivity index (χ1n) is 2.84. The molecule has 3 nitrogen and oxygen atoms in total. The highest BCUT2D eigenvalue weighted by Crippen LogP contribution is 1.98. The smallest absolute Gasteiger partial charge is 0.205 e.